The second-order valence-electron chi connectivity index (χ2n) is 3.26. The molecule has 0 amide bonds. The van der Waals surface area contributed by atoms with Crippen molar-refractivity contribution in [3.63, 3.8) is 0 Å². The van der Waals surface area contributed by atoms with E-state index in [1.807, 2.05) is 36.6 Å². The van der Waals surface area contributed by atoms with Gasteiger partial charge >= 0.3 is 0 Å². The topological polar surface area (TPSA) is 29.1 Å². The summed E-state index contributed by atoms with van der Waals surface area (Å²) in [4.78, 5) is 11.0. The molecule has 0 aromatic heterocycles. The third kappa shape index (κ3) is 3.96. The molecule has 1 aromatic carbocycles. The van der Waals surface area contributed by atoms with Crippen LogP contribution in [0.15, 0.2) is 61.3 Å². The number of ketones is 1. The fraction of sp³-hybridized carbons (Fsp3) is 0.0714. The van der Waals surface area contributed by atoms with Crippen LogP contribution in [-0.2, 0) is 0 Å². The van der Waals surface area contributed by atoms with Gasteiger partial charge in [0.25, 0.3) is 0 Å². The number of carbonyl (C=O) groups is 1. The van der Waals surface area contributed by atoms with Gasteiger partial charge in [0.2, 0.25) is 0 Å². The van der Waals surface area contributed by atoms with Gasteiger partial charge in [0.15, 0.2) is 5.78 Å². The molecule has 2 nitrogen and oxygen atoms in total. The quantitative estimate of drug-likeness (QED) is 0.598. The molecule has 0 aliphatic rings. The zero-order valence-electron chi connectivity index (χ0n) is 9.31. The fourth-order valence-electron chi connectivity index (χ4n) is 1.14. The maximum absolute atomic E-state index is 11.0. The number of carbonyl (C=O) groups excluding carboxylic acids is 1. The molecule has 2 heteroatoms. The van der Waals surface area contributed by atoms with E-state index in [2.05, 4.69) is 11.9 Å². The first-order valence-corrected chi connectivity index (χ1v) is 5.06. The molecule has 0 aliphatic carbocycles. The highest BCUT2D eigenvalue weighted by molar-refractivity contribution is 5.94. The molecule has 0 aliphatic heterocycles. The van der Waals surface area contributed by atoms with E-state index in [1.165, 1.54) is 0 Å². The summed E-state index contributed by atoms with van der Waals surface area (Å²) < 4.78 is 0. The molecule has 0 radical (unpaired) electrons. The molecule has 1 rings (SSSR count). The molecule has 0 atom stereocenters. The van der Waals surface area contributed by atoms with Gasteiger partial charge in [0.1, 0.15) is 0 Å². The zero-order valence-corrected chi connectivity index (χ0v) is 9.31. The first kappa shape index (κ1) is 12.0. The standard InChI is InChI=1S/C14H15NO/c1-3-4-5-6-11-15-14-9-7-13(8-10-14)12(2)16/h3-11,15H,1H2,2H3/b5-4+,11-6+. The van der Waals surface area contributed by atoms with E-state index in [0.29, 0.717) is 0 Å². The normalized spacial score (nSPS) is 10.8. The van der Waals surface area contributed by atoms with Gasteiger partial charge < -0.3 is 5.32 Å². The number of hydrogen-bond donors (Lipinski definition) is 1. The van der Waals surface area contributed by atoms with Gasteiger partial charge in [0, 0.05) is 17.5 Å². The van der Waals surface area contributed by atoms with E-state index in [-0.39, 0.29) is 5.78 Å². The van der Waals surface area contributed by atoms with E-state index in [9.17, 15) is 4.79 Å². The molecule has 0 bridgehead atoms. The number of benzene rings is 1. The SMILES string of the molecule is C=C/C=C/C=C/Nc1ccc(C(C)=O)cc1. The van der Waals surface area contributed by atoms with Crippen molar-refractivity contribution in [2.24, 2.45) is 0 Å². The zero-order chi connectivity index (χ0) is 11.8. The van der Waals surface area contributed by atoms with Gasteiger partial charge in [-0.3, -0.25) is 4.79 Å². The summed E-state index contributed by atoms with van der Waals surface area (Å²) in [6.07, 6.45) is 9.14. The first-order valence-electron chi connectivity index (χ1n) is 5.06. The van der Waals surface area contributed by atoms with Gasteiger partial charge in [-0.05, 0) is 37.3 Å². The van der Waals surface area contributed by atoms with Crippen LogP contribution in [0.1, 0.15) is 17.3 Å². The molecule has 82 valence electrons. The van der Waals surface area contributed by atoms with Crippen molar-refractivity contribution in [3.8, 4) is 0 Å². The first-order chi connectivity index (χ1) is 7.74. The Hall–Kier alpha value is -2.09. The summed E-state index contributed by atoms with van der Waals surface area (Å²) in [5, 5.41) is 3.09. The molecule has 1 aromatic rings. The van der Waals surface area contributed by atoms with Crippen molar-refractivity contribution in [2.45, 2.75) is 6.92 Å². The Morgan fingerprint density at radius 1 is 1.19 bits per heavy atom. The Bertz CT molecular complexity index is 413. The number of nitrogens with one attached hydrogen (secondary N) is 1. The number of hydrogen-bond acceptors (Lipinski definition) is 2. The van der Waals surface area contributed by atoms with Crippen molar-refractivity contribution in [2.75, 3.05) is 5.32 Å². The summed E-state index contributed by atoms with van der Waals surface area (Å²) in [6, 6.07) is 7.35. The average Bonchev–Trinajstić information content (AvgIpc) is 2.29. The summed E-state index contributed by atoms with van der Waals surface area (Å²) in [5.41, 5.74) is 1.68. The maximum atomic E-state index is 11.0. The second-order valence-corrected chi connectivity index (χ2v) is 3.26. The molecule has 16 heavy (non-hydrogen) atoms. The highest BCUT2D eigenvalue weighted by Gasteiger charge is 1.96. The lowest BCUT2D eigenvalue weighted by Crippen LogP contribution is -1.92. The summed E-state index contributed by atoms with van der Waals surface area (Å²) in [7, 11) is 0. The Kier molecular flexibility index (Phi) is 4.80. The molecule has 0 unspecified atom stereocenters. The van der Waals surface area contributed by atoms with Crippen LogP contribution in [0, 0.1) is 0 Å². The Morgan fingerprint density at radius 3 is 2.44 bits per heavy atom. The predicted octanol–water partition coefficient (Wildman–Crippen LogP) is 3.56. The second kappa shape index (κ2) is 6.40. The van der Waals surface area contributed by atoms with Crippen molar-refractivity contribution in [3.05, 3.63) is 66.9 Å². The Morgan fingerprint density at radius 2 is 1.88 bits per heavy atom. The van der Waals surface area contributed by atoms with Crippen molar-refractivity contribution in [1.29, 1.82) is 0 Å². The van der Waals surface area contributed by atoms with Crippen molar-refractivity contribution >= 4 is 11.5 Å². The molecular weight excluding hydrogens is 198 g/mol. The van der Waals surface area contributed by atoms with Gasteiger partial charge in [0.05, 0.1) is 0 Å². The molecule has 0 fully saturated rings. The van der Waals surface area contributed by atoms with Gasteiger partial charge in [-0.1, -0.05) is 24.8 Å². The van der Waals surface area contributed by atoms with Crippen LogP contribution in [0.5, 0.6) is 0 Å². The lowest BCUT2D eigenvalue weighted by molar-refractivity contribution is 0.101. The van der Waals surface area contributed by atoms with E-state index >= 15 is 0 Å². The highest BCUT2D eigenvalue weighted by Crippen LogP contribution is 2.09. The van der Waals surface area contributed by atoms with Crippen LogP contribution in [-0.4, -0.2) is 5.78 Å². The molecule has 1 N–H and O–H groups in total. The van der Waals surface area contributed by atoms with Crippen LogP contribution in [0.4, 0.5) is 5.69 Å². The Labute approximate surface area is 96.0 Å². The van der Waals surface area contributed by atoms with Crippen LogP contribution in [0.25, 0.3) is 0 Å². The summed E-state index contributed by atoms with van der Waals surface area (Å²) >= 11 is 0. The van der Waals surface area contributed by atoms with E-state index in [1.54, 1.807) is 25.1 Å². The summed E-state index contributed by atoms with van der Waals surface area (Å²) in [5.74, 6) is 0.0796. The van der Waals surface area contributed by atoms with Crippen LogP contribution < -0.4 is 5.32 Å². The molecular formula is C14H15NO. The van der Waals surface area contributed by atoms with Gasteiger partial charge in [-0.25, -0.2) is 0 Å². The molecule has 0 saturated carbocycles. The molecule has 0 saturated heterocycles. The van der Waals surface area contributed by atoms with Crippen LogP contribution >= 0.6 is 0 Å². The average molecular weight is 213 g/mol. The predicted molar refractivity (Wildman–Crippen MR) is 68.5 cm³/mol. The number of anilines is 1. The minimum Gasteiger partial charge on any atom is -0.362 e. The number of rotatable bonds is 5. The van der Waals surface area contributed by atoms with Gasteiger partial charge in [-0.15, -0.1) is 0 Å². The maximum Gasteiger partial charge on any atom is 0.159 e. The summed E-state index contributed by atoms with van der Waals surface area (Å²) in [6.45, 7) is 5.13. The van der Waals surface area contributed by atoms with Crippen molar-refractivity contribution < 1.29 is 4.79 Å². The third-order valence-corrected chi connectivity index (χ3v) is 2.00. The van der Waals surface area contributed by atoms with Crippen molar-refractivity contribution in [1.82, 2.24) is 0 Å². The fourth-order valence-corrected chi connectivity index (χ4v) is 1.14. The molecule has 0 spiro atoms. The van der Waals surface area contributed by atoms with E-state index in [0.717, 1.165) is 11.3 Å². The minimum absolute atomic E-state index is 0.0796. The number of allylic oxidation sites excluding steroid dienone is 4. The van der Waals surface area contributed by atoms with E-state index in [4.69, 9.17) is 0 Å². The van der Waals surface area contributed by atoms with Gasteiger partial charge in [-0.2, -0.15) is 0 Å². The lowest BCUT2D eigenvalue weighted by atomic mass is 10.1. The Balaban J connectivity index is 2.55. The minimum atomic E-state index is 0.0796. The van der Waals surface area contributed by atoms with Crippen LogP contribution in [0.2, 0.25) is 0 Å². The van der Waals surface area contributed by atoms with E-state index < -0.39 is 0 Å². The molecule has 0 heterocycles. The third-order valence-electron chi connectivity index (χ3n) is 2.00. The largest absolute Gasteiger partial charge is 0.362 e. The number of Topliss-reactive ketones (excluding diaryl/α,β-unsaturated/α-hetero) is 1. The monoisotopic (exact) mass is 213 g/mol. The van der Waals surface area contributed by atoms with Crippen LogP contribution in [0.3, 0.4) is 0 Å². The lowest BCUT2D eigenvalue weighted by Gasteiger charge is -2.00. The highest BCUT2D eigenvalue weighted by atomic mass is 16.1. The smallest absolute Gasteiger partial charge is 0.159 e.